The Labute approximate surface area is 120 Å². The van der Waals surface area contributed by atoms with Gasteiger partial charge in [-0.05, 0) is 44.6 Å². The van der Waals surface area contributed by atoms with Crippen LogP contribution in [0.1, 0.15) is 36.8 Å². The molecule has 2 aliphatic rings. The summed E-state index contributed by atoms with van der Waals surface area (Å²) in [5.41, 5.74) is 2.61. The summed E-state index contributed by atoms with van der Waals surface area (Å²) in [6.45, 7) is 3.74. The molecule has 2 heterocycles. The zero-order chi connectivity index (χ0) is 13.9. The van der Waals surface area contributed by atoms with Gasteiger partial charge < -0.3 is 9.64 Å². The van der Waals surface area contributed by atoms with Crippen molar-refractivity contribution in [1.82, 2.24) is 4.90 Å². The third-order valence-corrected chi connectivity index (χ3v) is 4.46. The largest absolute Gasteiger partial charge is 0.368 e. The van der Waals surface area contributed by atoms with Crippen LogP contribution in [-0.4, -0.2) is 36.1 Å². The van der Waals surface area contributed by atoms with E-state index >= 15 is 0 Å². The Balaban J connectivity index is 1.65. The van der Waals surface area contributed by atoms with E-state index < -0.39 is 0 Å². The van der Waals surface area contributed by atoms with Gasteiger partial charge in [0.15, 0.2) is 0 Å². The van der Waals surface area contributed by atoms with Crippen LogP contribution in [0.25, 0.3) is 0 Å². The SMILES string of the molecule is Cc1ccc(CC2CCCN2C(=O)C2CCCO2)cc1. The van der Waals surface area contributed by atoms with E-state index in [-0.39, 0.29) is 12.0 Å². The Hall–Kier alpha value is -1.35. The van der Waals surface area contributed by atoms with Crippen molar-refractivity contribution in [2.24, 2.45) is 0 Å². The van der Waals surface area contributed by atoms with Crippen molar-refractivity contribution in [2.75, 3.05) is 13.2 Å². The second-order valence-corrected chi connectivity index (χ2v) is 6.02. The molecule has 2 fully saturated rings. The smallest absolute Gasteiger partial charge is 0.251 e. The zero-order valence-corrected chi connectivity index (χ0v) is 12.2. The summed E-state index contributed by atoms with van der Waals surface area (Å²) in [5, 5.41) is 0. The highest BCUT2D eigenvalue weighted by Crippen LogP contribution is 2.25. The van der Waals surface area contributed by atoms with Crippen LogP contribution in [0.5, 0.6) is 0 Å². The minimum atomic E-state index is -0.173. The fourth-order valence-corrected chi connectivity index (χ4v) is 3.29. The van der Waals surface area contributed by atoms with Crippen LogP contribution in [-0.2, 0) is 16.0 Å². The minimum absolute atomic E-state index is 0.173. The number of amides is 1. The lowest BCUT2D eigenvalue weighted by atomic mass is 10.0. The minimum Gasteiger partial charge on any atom is -0.368 e. The summed E-state index contributed by atoms with van der Waals surface area (Å²) in [6, 6.07) is 9.02. The highest BCUT2D eigenvalue weighted by Gasteiger charge is 2.34. The monoisotopic (exact) mass is 273 g/mol. The van der Waals surface area contributed by atoms with Crippen molar-refractivity contribution < 1.29 is 9.53 Å². The maximum atomic E-state index is 12.5. The van der Waals surface area contributed by atoms with E-state index in [4.69, 9.17) is 4.74 Å². The molecule has 0 aromatic heterocycles. The van der Waals surface area contributed by atoms with Gasteiger partial charge in [0.1, 0.15) is 6.10 Å². The molecule has 3 rings (SSSR count). The number of likely N-dealkylation sites (tertiary alicyclic amines) is 1. The molecule has 0 saturated carbocycles. The summed E-state index contributed by atoms with van der Waals surface area (Å²) in [6.07, 6.45) is 4.95. The van der Waals surface area contributed by atoms with Gasteiger partial charge in [0, 0.05) is 19.2 Å². The van der Waals surface area contributed by atoms with E-state index in [2.05, 4.69) is 36.1 Å². The Bertz CT molecular complexity index is 462. The first-order chi connectivity index (χ1) is 9.74. The molecular weight excluding hydrogens is 250 g/mol. The Morgan fingerprint density at radius 1 is 1.25 bits per heavy atom. The fourth-order valence-electron chi connectivity index (χ4n) is 3.29. The lowest BCUT2D eigenvalue weighted by molar-refractivity contribution is -0.141. The van der Waals surface area contributed by atoms with Gasteiger partial charge in [0.2, 0.25) is 0 Å². The molecule has 108 valence electrons. The molecule has 1 aromatic rings. The van der Waals surface area contributed by atoms with Gasteiger partial charge in [0.25, 0.3) is 5.91 Å². The normalized spacial score (nSPS) is 26.1. The van der Waals surface area contributed by atoms with Crippen molar-refractivity contribution in [1.29, 1.82) is 0 Å². The molecule has 0 radical (unpaired) electrons. The van der Waals surface area contributed by atoms with Gasteiger partial charge in [-0.25, -0.2) is 0 Å². The summed E-state index contributed by atoms with van der Waals surface area (Å²) in [7, 11) is 0. The van der Waals surface area contributed by atoms with Gasteiger partial charge in [-0.3, -0.25) is 4.79 Å². The van der Waals surface area contributed by atoms with Crippen molar-refractivity contribution in [2.45, 2.75) is 51.2 Å². The van der Waals surface area contributed by atoms with Crippen LogP contribution in [0.15, 0.2) is 24.3 Å². The van der Waals surface area contributed by atoms with Crippen LogP contribution in [0, 0.1) is 6.92 Å². The van der Waals surface area contributed by atoms with Gasteiger partial charge in [-0.15, -0.1) is 0 Å². The lowest BCUT2D eigenvalue weighted by Crippen LogP contribution is -2.42. The van der Waals surface area contributed by atoms with E-state index in [1.54, 1.807) is 0 Å². The van der Waals surface area contributed by atoms with E-state index in [0.29, 0.717) is 6.04 Å². The van der Waals surface area contributed by atoms with Gasteiger partial charge in [0.05, 0.1) is 0 Å². The first-order valence-corrected chi connectivity index (χ1v) is 7.71. The number of aryl methyl sites for hydroxylation is 1. The predicted octanol–water partition coefficient (Wildman–Crippen LogP) is 2.71. The molecule has 3 heteroatoms. The Kier molecular flexibility index (Phi) is 4.06. The van der Waals surface area contributed by atoms with Crippen molar-refractivity contribution in [3.05, 3.63) is 35.4 Å². The molecule has 1 amide bonds. The van der Waals surface area contributed by atoms with E-state index in [0.717, 1.165) is 45.3 Å². The van der Waals surface area contributed by atoms with E-state index in [9.17, 15) is 4.79 Å². The Morgan fingerprint density at radius 2 is 2.05 bits per heavy atom. The second-order valence-electron chi connectivity index (χ2n) is 6.02. The number of hydrogen-bond donors (Lipinski definition) is 0. The maximum Gasteiger partial charge on any atom is 0.251 e. The second kappa shape index (κ2) is 5.96. The molecule has 2 atom stereocenters. The Morgan fingerprint density at radius 3 is 2.75 bits per heavy atom. The zero-order valence-electron chi connectivity index (χ0n) is 12.2. The predicted molar refractivity (Wildman–Crippen MR) is 78.6 cm³/mol. The number of carbonyl (C=O) groups is 1. The molecule has 0 N–H and O–H groups in total. The van der Waals surface area contributed by atoms with Crippen LogP contribution in [0.2, 0.25) is 0 Å². The quantitative estimate of drug-likeness (QED) is 0.847. The third-order valence-electron chi connectivity index (χ3n) is 4.46. The van der Waals surface area contributed by atoms with Gasteiger partial charge in [-0.2, -0.15) is 0 Å². The number of ether oxygens (including phenoxy) is 1. The number of nitrogens with zero attached hydrogens (tertiary/aromatic N) is 1. The van der Waals surface area contributed by atoms with E-state index in [1.165, 1.54) is 11.1 Å². The number of rotatable bonds is 3. The van der Waals surface area contributed by atoms with Crippen molar-refractivity contribution >= 4 is 5.91 Å². The fraction of sp³-hybridized carbons (Fsp3) is 0.588. The number of carbonyl (C=O) groups excluding carboxylic acids is 1. The average molecular weight is 273 g/mol. The highest BCUT2D eigenvalue weighted by molar-refractivity contribution is 5.81. The number of benzene rings is 1. The van der Waals surface area contributed by atoms with Crippen LogP contribution in [0.3, 0.4) is 0 Å². The number of hydrogen-bond acceptors (Lipinski definition) is 2. The molecular formula is C17H23NO2. The van der Waals surface area contributed by atoms with Crippen molar-refractivity contribution in [3.63, 3.8) is 0 Å². The van der Waals surface area contributed by atoms with Gasteiger partial charge in [-0.1, -0.05) is 29.8 Å². The third kappa shape index (κ3) is 2.88. The highest BCUT2D eigenvalue weighted by atomic mass is 16.5. The lowest BCUT2D eigenvalue weighted by Gasteiger charge is -2.27. The van der Waals surface area contributed by atoms with Crippen LogP contribution < -0.4 is 0 Å². The summed E-state index contributed by atoms with van der Waals surface area (Å²) < 4.78 is 5.55. The van der Waals surface area contributed by atoms with Crippen molar-refractivity contribution in [3.8, 4) is 0 Å². The molecule has 20 heavy (non-hydrogen) atoms. The molecule has 0 spiro atoms. The van der Waals surface area contributed by atoms with E-state index in [1.807, 2.05) is 0 Å². The maximum absolute atomic E-state index is 12.5. The average Bonchev–Trinajstić information content (AvgIpc) is 3.12. The summed E-state index contributed by atoms with van der Waals surface area (Å²) >= 11 is 0. The first kappa shape index (κ1) is 13.6. The molecule has 2 aliphatic heterocycles. The summed E-state index contributed by atoms with van der Waals surface area (Å²) in [5.74, 6) is 0.220. The first-order valence-electron chi connectivity index (χ1n) is 7.71. The molecule has 2 saturated heterocycles. The molecule has 0 aliphatic carbocycles. The van der Waals surface area contributed by atoms with Crippen LogP contribution in [0.4, 0.5) is 0 Å². The molecule has 2 unspecified atom stereocenters. The molecule has 1 aromatic carbocycles. The molecule has 3 nitrogen and oxygen atoms in total. The topological polar surface area (TPSA) is 29.5 Å². The van der Waals surface area contributed by atoms with Gasteiger partial charge >= 0.3 is 0 Å². The molecule has 0 bridgehead atoms. The summed E-state index contributed by atoms with van der Waals surface area (Å²) in [4.78, 5) is 14.6. The standard InChI is InChI=1S/C17H23NO2/c1-13-6-8-14(9-7-13)12-15-4-2-10-18(15)17(19)16-5-3-11-20-16/h6-9,15-16H,2-5,10-12H2,1H3. The van der Waals surface area contributed by atoms with Crippen LogP contribution >= 0.6 is 0 Å².